The first kappa shape index (κ1) is 14.6. The zero-order chi connectivity index (χ0) is 14.9. The van der Waals surface area contributed by atoms with Crippen molar-refractivity contribution in [3.05, 3.63) is 10.4 Å². The van der Waals surface area contributed by atoms with Gasteiger partial charge in [0.1, 0.15) is 9.88 Å². The Morgan fingerprint density at radius 1 is 1.40 bits per heavy atom. The minimum atomic E-state index is -0.655. The molecule has 1 aromatic heterocycles. The number of nitrogens with zero attached hydrogens (tertiary/aromatic N) is 1. The number of rotatable bonds is 5. The second-order valence-corrected chi connectivity index (χ2v) is 6.10. The van der Waals surface area contributed by atoms with Crippen molar-refractivity contribution in [1.29, 1.82) is 0 Å². The summed E-state index contributed by atoms with van der Waals surface area (Å²) < 4.78 is 0. The van der Waals surface area contributed by atoms with Crippen molar-refractivity contribution in [3.63, 3.8) is 0 Å². The van der Waals surface area contributed by atoms with Gasteiger partial charge in [-0.2, -0.15) is 0 Å². The van der Waals surface area contributed by atoms with Crippen LogP contribution in [0.1, 0.15) is 26.5 Å². The zero-order valence-electron chi connectivity index (χ0n) is 11.3. The van der Waals surface area contributed by atoms with Gasteiger partial charge in [0.25, 0.3) is 11.8 Å². The monoisotopic (exact) mass is 297 g/mol. The van der Waals surface area contributed by atoms with Crippen LogP contribution in [0.4, 0.5) is 10.7 Å². The number of carbonyl (C=O) groups is 2. The van der Waals surface area contributed by atoms with E-state index >= 15 is 0 Å². The van der Waals surface area contributed by atoms with Gasteiger partial charge in [0.05, 0.1) is 11.3 Å². The number of likely N-dealkylation sites (tertiary alicyclic amines) is 1. The number of hydrogen-bond acceptors (Lipinski definition) is 6. The first-order valence-electron chi connectivity index (χ1n) is 6.34. The van der Waals surface area contributed by atoms with Crippen LogP contribution in [0.15, 0.2) is 0 Å². The third-order valence-corrected chi connectivity index (χ3v) is 4.63. The van der Waals surface area contributed by atoms with Crippen LogP contribution in [0, 0.1) is 5.92 Å². The van der Waals surface area contributed by atoms with Crippen LogP contribution in [0.3, 0.4) is 0 Å². The highest BCUT2D eigenvalue weighted by Crippen LogP contribution is 2.35. The van der Waals surface area contributed by atoms with E-state index in [-0.39, 0.29) is 16.1 Å². The lowest BCUT2D eigenvalue weighted by Gasteiger charge is -2.12. The molecule has 1 atom stereocenters. The molecule has 0 bridgehead atoms. The van der Waals surface area contributed by atoms with Gasteiger partial charge in [0.15, 0.2) is 0 Å². The predicted octanol–water partition coefficient (Wildman–Crippen LogP) is -0.108. The SMILES string of the molecule is CN1CCC(CNc2sc(C(N)=O)c(N)c2C(N)=O)C1. The van der Waals surface area contributed by atoms with Crippen molar-refractivity contribution < 1.29 is 9.59 Å². The molecule has 7 N–H and O–H groups in total. The highest BCUT2D eigenvalue weighted by molar-refractivity contribution is 7.19. The smallest absolute Gasteiger partial charge is 0.260 e. The van der Waals surface area contributed by atoms with E-state index in [1.54, 1.807) is 0 Å². The average molecular weight is 297 g/mol. The fourth-order valence-corrected chi connectivity index (χ4v) is 3.41. The zero-order valence-corrected chi connectivity index (χ0v) is 12.1. The molecular formula is C12H19N5O2S. The van der Waals surface area contributed by atoms with E-state index in [1.165, 1.54) is 0 Å². The summed E-state index contributed by atoms with van der Waals surface area (Å²) in [5.41, 5.74) is 16.6. The van der Waals surface area contributed by atoms with Crippen LogP contribution in [-0.2, 0) is 0 Å². The Labute approximate surface area is 121 Å². The number of primary amides is 2. The number of hydrogen-bond donors (Lipinski definition) is 4. The van der Waals surface area contributed by atoms with Crippen LogP contribution in [0.25, 0.3) is 0 Å². The molecule has 1 aromatic rings. The summed E-state index contributed by atoms with van der Waals surface area (Å²) in [6.07, 6.45) is 1.10. The maximum Gasteiger partial charge on any atom is 0.260 e. The average Bonchev–Trinajstić information content (AvgIpc) is 2.90. The van der Waals surface area contributed by atoms with Crippen LogP contribution in [-0.4, -0.2) is 43.4 Å². The third-order valence-electron chi connectivity index (χ3n) is 3.46. The van der Waals surface area contributed by atoms with E-state index in [4.69, 9.17) is 17.2 Å². The molecule has 0 radical (unpaired) electrons. The Balaban J connectivity index is 2.16. The lowest BCUT2D eigenvalue weighted by Crippen LogP contribution is -2.20. The molecule has 110 valence electrons. The van der Waals surface area contributed by atoms with E-state index in [9.17, 15) is 9.59 Å². The fourth-order valence-electron chi connectivity index (χ4n) is 2.43. The molecule has 0 spiro atoms. The van der Waals surface area contributed by atoms with Gasteiger partial charge in [-0.15, -0.1) is 11.3 Å². The summed E-state index contributed by atoms with van der Waals surface area (Å²) in [5, 5.41) is 3.70. The maximum atomic E-state index is 11.5. The lowest BCUT2D eigenvalue weighted by molar-refractivity contribution is 0.0999. The quantitative estimate of drug-likeness (QED) is 0.603. The predicted molar refractivity (Wildman–Crippen MR) is 79.9 cm³/mol. The van der Waals surface area contributed by atoms with Gasteiger partial charge in [-0.25, -0.2) is 0 Å². The Morgan fingerprint density at radius 3 is 2.60 bits per heavy atom. The number of nitrogens with one attached hydrogen (secondary N) is 1. The highest BCUT2D eigenvalue weighted by Gasteiger charge is 2.24. The minimum absolute atomic E-state index is 0.0704. The van der Waals surface area contributed by atoms with E-state index in [2.05, 4.69) is 17.3 Å². The normalized spacial score (nSPS) is 19.1. The van der Waals surface area contributed by atoms with E-state index in [1.807, 2.05) is 0 Å². The molecule has 0 aromatic carbocycles. The van der Waals surface area contributed by atoms with Crippen molar-refractivity contribution in [2.75, 3.05) is 37.7 Å². The van der Waals surface area contributed by atoms with Crippen molar-refractivity contribution in [2.45, 2.75) is 6.42 Å². The second kappa shape index (κ2) is 5.68. The number of amides is 2. The number of thiophene rings is 1. The molecular weight excluding hydrogens is 278 g/mol. The van der Waals surface area contributed by atoms with E-state index < -0.39 is 11.8 Å². The van der Waals surface area contributed by atoms with Crippen molar-refractivity contribution in [2.24, 2.45) is 17.4 Å². The molecule has 1 aliphatic heterocycles. The van der Waals surface area contributed by atoms with Gasteiger partial charge in [-0.3, -0.25) is 9.59 Å². The lowest BCUT2D eigenvalue weighted by atomic mass is 10.1. The maximum absolute atomic E-state index is 11.5. The Kier molecular flexibility index (Phi) is 4.15. The molecule has 1 fully saturated rings. The summed E-state index contributed by atoms with van der Waals surface area (Å²) in [4.78, 5) is 25.2. The largest absolute Gasteiger partial charge is 0.397 e. The summed E-state index contributed by atoms with van der Waals surface area (Å²) in [6.45, 7) is 2.78. The van der Waals surface area contributed by atoms with Gasteiger partial charge in [0.2, 0.25) is 0 Å². The number of anilines is 2. The van der Waals surface area contributed by atoms with Crippen molar-refractivity contribution >= 4 is 33.8 Å². The van der Waals surface area contributed by atoms with Gasteiger partial charge >= 0.3 is 0 Å². The molecule has 0 saturated carbocycles. The molecule has 2 heterocycles. The molecule has 2 amide bonds. The molecule has 1 aliphatic rings. The van der Waals surface area contributed by atoms with Gasteiger partial charge in [-0.1, -0.05) is 0 Å². The summed E-state index contributed by atoms with van der Waals surface area (Å²) in [5.74, 6) is -0.804. The van der Waals surface area contributed by atoms with Crippen LogP contribution >= 0.6 is 11.3 Å². The summed E-state index contributed by atoms with van der Waals surface area (Å²) >= 11 is 1.08. The van der Waals surface area contributed by atoms with Gasteiger partial charge in [-0.05, 0) is 25.9 Å². The van der Waals surface area contributed by atoms with Crippen LogP contribution in [0.5, 0.6) is 0 Å². The summed E-state index contributed by atoms with van der Waals surface area (Å²) in [7, 11) is 2.07. The molecule has 2 rings (SSSR count). The van der Waals surface area contributed by atoms with E-state index in [0.717, 1.165) is 30.8 Å². The van der Waals surface area contributed by atoms with Gasteiger partial charge < -0.3 is 27.4 Å². The Hall–Kier alpha value is -1.80. The molecule has 1 unspecified atom stereocenters. The van der Waals surface area contributed by atoms with Crippen molar-refractivity contribution in [3.8, 4) is 0 Å². The molecule has 1 saturated heterocycles. The van der Waals surface area contributed by atoms with E-state index in [0.29, 0.717) is 17.5 Å². The number of nitrogen functional groups attached to an aromatic ring is 1. The Morgan fingerprint density at radius 2 is 2.10 bits per heavy atom. The van der Waals surface area contributed by atoms with Crippen LogP contribution < -0.4 is 22.5 Å². The molecule has 7 nitrogen and oxygen atoms in total. The first-order chi connectivity index (χ1) is 9.40. The van der Waals surface area contributed by atoms with Crippen LogP contribution in [0.2, 0.25) is 0 Å². The third kappa shape index (κ3) is 2.86. The summed E-state index contributed by atoms with van der Waals surface area (Å²) in [6, 6.07) is 0. The molecule has 20 heavy (non-hydrogen) atoms. The second-order valence-electron chi connectivity index (χ2n) is 5.08. The first-order valence-corrected chi connectivity index (χ1v) is 7.16. The van der Waals surface area contributed by atoms with Crippen molar-refractivity contribution in [1.82, 2.24) is 4.90 Å². The number of nitrogens with two attached hydrogens (primary N) is 3. The molecule has 0 aliphatic carbocycles. The topological polar surface area (TPSA) is 127 Å². The molecule has 8 heteroatoms. The minimum Gasteiger partial charge on any atom is -0.397 e. The number of carbonyl (C=O) groups excluding carboxylic acids is 2. The highest BCUT2D eigenvalue weighted by atomic mass is 32.1. The Bertz CT molecular complexity index is 542. The standard InChI is InChI=1S/C12H19N5O2S/c1-17-3-2-6(5-17)4-16-12-7(10(14)18)8(13)9(20-12)11(15)19/h6,16H,2-5,13H2,1H3,(H2,14,18)(H2,15,19). The fraction of sp³-hybridized carbons (Fsp3) is 0.500. The van der Waals surface area contributed by atoms with Gasteiger partial charge in [0, 0.05) is 13.1 Å².